The molecule has 0 atom stereocenters. The first-order valence-corrected chi connectivity index (χ1v) is 8.48. The lowest BCUT2D eigenvalue weighted by atomic mass is 10.3. The van der Waals surface area contributed by atoms with Crippen molar-refractivity contribution in [3.8, 4) is 22.2 Å². The van der Waals surface area contributed by atoms with Crippen LogP contribution >= 0.6 is 23.1 Å². The SMILES string of the molecule is c1csc(-c2noc(CSc3nnc(-c4ccncc4)o3)n2)c1. The van der Waals surface area contributed by atoms with Gasteiger partial charge in [-0.15, -0.1) is 21.5 Å². The van der Waals surface area contributed by atoms with E-state index in [0.717, 1.165) is 10.4 Å². The third-order valence-corrected chi connectivity index (χ3v) is 4.53. The standard InChI is InChI=1S/C14H9N5O2S2/c1-2-10(22-7-1)12-16-11(21-19-12)8-23-14-18-17-13(20-14)9-3-5-15-6-4-9/h1-7H,8H2. The molecule has 0 amide bonds. The summed E-state index contributed by atoms with van der Waals surface area (Å²) in [4.78, 5) is 9.28. The number of nitrogens with zero attached hydrogens (tertiary/aromatic N) is 5. The van der Waals surface area contributed by atoms with Gasteiger partial charge in [0.2, 0.25) is 17.6 Å². The molecule has 0 saturated heterocycles. The summed E-state index contributed by atoms with van der Waals surface area (Å²) in [5, 5.41) is 14.4. The van der Waals surface area contributed by atoms with Crippen molar-refractivity contribution >= 4 is 23.1 Å². The van der Waals surface area contributed by atoms with Crippen LogP contribution in [0.2, 0.25) is 0 Å². The van der Waals surface area contributed by atoms with Crippen LogP contribution in [0.25, 0.3) is 22.2 Å². The number of thiophene rings is 1. The monoisotopic (exact) mass is 343 g/mol. The Morgan fingerprint density at radius 2 is 2.04 bits per heavy atom. The quantitative estimate of drug-likeness (QED) is 0.508. The van der Waals surface area contributed by atoms with Crippen molar-refractivity contribution in [3.63, 3.8) is 0 Å². The highest BCUT2D eigenvalue weighted by Crippen LogP contribution is 2.26. The second-order valence-corrected chi connectivity index (χ2v) is 6.26. The average molecular weight is 343 g/mol. The first-order chi connectivity index (χ1) is 11.4. The normalized spacial score (nSPS) is 11.0. The maximum atomic E-state index is 5.60. The van der Waals surface area contributed by atoms with Gasteiger partial charge in [-0.2, -0.15) is 4.98 Å². The Kier molecular flexibility index (Phi) is 3.86. The molecule has 0 aliphatic rings. The molecule has 0 aliphatic heterocycles. The number of aromatic nitrogens is 5. The van der Waals surface area contributed by atoms with Crippen molar-refractivity contribution in [1.82, 2.24) is 25.3 Å². The molecule has 0 spiro atoms. The van der Waals surface area contributed by atoms with Crippen molar-refractivity contribution in [2.45, 2.75) is 11.0 Å². The fourth-order valence-electron chi connectivity index (χ4n) is 1.82. The van der Waals surface area contributed by atoms with E-state index in [4.69, 9.17) is 8.94 Å². The lowest BCUT2D eigenvalue weighted by molar-refractivity contribution is 0.391. The van der Waals surface area contributed by atoms with Crippen LogP contribution < -0.4 is 0 Å². The molecule has 4 aromatic heterocycles. The fourth-order valence-corrected chi connectivity index (χ4v) is 3.07. The molecule has 0 bridgehead atoms. The maximum Gasteiger partial charge on any atom is 0.277 e. The molecule has 4 rings (SSSR count). The Labute approximate surface area is 138 Å². The molecule has 0 N–H and O–H groups in total. The highest BCUT2D eigenvalue weighted by Gasteiger charge is 2.13. The number of rotatable bonds is 5. The number of hydrogen-bond donors (Lipinski definition) is 0. The number of thioether (sulfide) groups is 1. The Hall–Kier alpha value is -2.52. The topological polar surface area (TPSA) is 90.7 Å². The molecule has 9 heteroatoms. The van der Waals surface area contributed by atoms with Crippen LogP contribution in [0.4, 0.5) is 0 Å². The third-order valence-electron chi connectivity index (χ3n) is 2.86. The van der Waals surface area contributed by atoms with E-state index in [0.29, 0.717) is 28.6 Å². The van der Waals surface area contributed by atoms with Crippen LogP contribution in [-0.2, 0) is 5.75 Å². The predicted molar refractivity (Wildman–Crippen MR) is 84.7 cm³/mol. The number of pyridine rings is 1. The molecule has 0 aliphatic carbocycles. The predicted octanol–water partition coefficient (Wildman–Crippen LogP) is 3.54. The van der Waals surface area contributed by atoms with Crippen LogP contribution in [0.15, 0.2) is 56.2 Å². The van der Waals surface area contributed by atoms with Gasteiger partial charge in [0, 0.05) is 18.0 Å². The summed E-state index contributed by atoms with van der Waals surface area (Å²) in [5.41, 5.74) is 0.831. The van der Waals surface area contributed by atoms with Gasteiger partial charge in [0.25, 0.3) is 5.22 Å². The van der Waals surface area contributed by atoms with Gasteiger partial charge in [-0.1, -0.05) is 23.0 Å². The largest absolute Gasteiger partial charge is 0.411 e. The van der Waals surface area contributed by atoms with Gasteiger partial charge in [-0.25, -0.2) is 0 Å². The Morgan fingerprint density at radius 1 is 1.13 bits per heavy atom. The molecule has 7 nitrogen and oxygen atoms in total. The summed E-state index contributed by atoms with van der Waals surface area (Å²) < 4.78 is 10.8. The number of hydrogen-bond acceptors (Lipinski definition) is 9. The molecule has 4 aromatic rings. The molecule has 0 fully saturated rings. The molecule has 23 heavy (non-hydrogen) atoms. The Balaban J connectivity index is 1.43. The molecule has 0 radical (unpaired) electrons. The minimum absolute atomic E-state index is 0.452. The van der Waals surface area contributed by atoms with E-state index in [9.17, 15) is 0 Å². The third kappa shape index (κ3) is 3.15. The van der Waals surface area contributed by atoms with Crippen LogP contribution in [0, 0.1) is 0 Å². The van der Waals surface area contributed by atoms with Gasteiger partial charge < -0.3 is 8.94 Å². The van der Waals surface area contributed by atoms with Crippen LogP contribution in [0.5, 0.6) is 0 Å². The van der Waals surface area contributed by atoms with Crippen molar-refractivity contribution < 1.29 is 8.94 Å². The van der Waals surface area contributed by atoms with Crippen LogP contribution in [-0.4, -0.2) is 25.3 Å². The van der Waals surface area contributed by atoms with Gasteiger partial charge in [0.1, 0.15) is 0 Å². The highest BCUT2D eigenvalue weighted by molar-refractivity contribution is 7.98. The second-order valence-electron chi connectivity index (χ2n) is 4.39. The molecule has 0 aromatic carbocycles. The van der Waals surface area contributed by atoms with Crippen molar-refractivity contribution in [2.24, 2.45) is 0 Å². The van der Waals surface area contributed by atoms with Crippen LogP contribution in [0.1, 0.15) is 5.89 Å². The Bertz CT molecular complexity index is 889. The van der Waals surface area contributed by atoms with Gasteiger partial charge in [0.15, 0.2) is 0 Å². The van der Waals surface area contributed by atoms with Crippen molar-refractivity contribution in [2.75, 3.05) is 0 Å². The summed E-state index contributed by atoms with van der Waals surface area (Å²) in [7, 11) is 0. The molecule has 0 saturated carbocycles. The maximum absolute atomic E-state index is 5.60. The van der Waals surface area contributed by atoms with Crippen molar-refractivity contribution in [1.29, 1.82) is 0 Å². The lowest BCUT2D eigenvalue weighted by Crippen LogP contribution is -1.81. The van der Waals surface area contributed by atoms with Crippen LogP contribution in [0.3, 0.4) is 0 Å². The minimum atomic E-state index is 0.452. The summed E-state index contributed by atoms with van der Waals surface area (Å²) in [5.74, 6) is 2.04. The van der Waals surface area contributed by atoms with E-state index in [1.807, 2.05) is 29.6 Å². The highest BCUT2D eigenvalue weighted by atomic mass is 32.2. The molecular weight excluding hydrogens is 334 g/mol. The van der Waals surface area contributed by atoms with Gasteiger partial charge >= 0.3 is 0 Å². The van der Waals surface area contributed by atoms with E-state index in [1.54, 1.807) is 23.7 Å². The van der Waals surface area contributed by atoms with Gasteiger partial charge in [-0.05, 0) is 23.6 Å². The van der Waals surface area contributed by atoms with E-state index in [2.05, 4.69) is 25.3 Å². The lowest BCUT2D eigenvalue weighted by Gasteiger charge is -1.92. The summed E-state index contributed by atoms with van der Waals surface area (Å²) in [6, 6.07) is 7.52. The zero-order valence-electron chi connectivity index (χ0n) is 11.6. The summed E-state index contributed by atoms with van der Waals surface area (Å²) >= 11 is 2.92. The minimum Gasteiger partial charge on any atom is -0.411 e. The molecule has 114 valence electrons. The van der Waals surface area contributed by atoms with E-state index in [1.165, 1.54) is 11.8 Å². The zero-order valence-corrected chi connectivity index (χ0v) is 13.3. The van der Waals surface area contributed by atoms with E-state index >= 15 is 0 Å². The molecule has 0 unspecified atom stereocenters. The summed E-state index contributed by atoms with van der Waals surface area (Å²) in [6.45, 7) is 0. The molecular formula is C14H9N5O2S2. The zero-order chi connectivity index (χ0) is 15.5. The van der Waals surface area contributed by atoms with Crippen molar-refractivity contribution in [3.05, 3.63) is 47.9 Å². The average Bonchev–Trinajstić information content (AvgIpc) is 3.33. The van der Waals surface area contributed by atoms with E-state index in [-0.39, 0.29) is 0 Å². The van der Waals surface area contributed by atoms with E-state index < -0.39 is 0 Å². The molecule has 4 heterocycles. The first kappa shape index (κ1) is 14.1. The summed E-state index contributed by atoms with van der Waals surface area (Å²) in [6.07, 6.45) is 3.35. The Morgan fingerprint density at radius 3 is 2.87 bits per heavy atom. The second kappa shape index (κ2) is 6.31. The smallest absolute Gasteiger partial charge is 0.277 e. The first-order valence-electron chi connectivity index (χ1n) is 6.61. The van der Waals surface area contributed by atoms with Gasteiger partial charge in [-0.3, -0.25) is 4.98 Å². The van der Waals surface area contributed by atoms with Gasteiger partial charge in [0.05, 0.1) is 10.6 Å². The fraction of sp³-hybridized carbons (Fsp3) is 0.0714.